The van der Waals surface area contributed by atoms with Crippen LogP contribution in [-0.2, 0) is 25.7 Å². The Morgan fingerprint density at radius 1 is 0.360 bits per heavy atom. The van der Waals surface area contributed by atoms with Gasteiger partial charge in [-0.3, -0.25) is 19.2 Å². The smallest absolute Gasteiger partial charge is 0.231 e. The predicted molar refractivity (Wildman–Crippen MR) is 352 cm³/mol. The second kappa shape index (κ2) is 29.5. The first-order valence-corrected chi connectivity index (χ1v) is 28.2. The lowest BCUT2D eigenvalue weighted by molar-refractivity contribution is 0.111. The number of aromatic nitrogens is 4. The van der Waals surface area contributed by atoms with Gasteiger partial charge in [0.15, 0.2) is 25.1 Å². The third-order valence-electron chi connectivity index (χ3n) is 15.4. The summed E-state index contributed by atoms with van der Waals surface area (Å²) in [5, 5.41) is 0. The molecule has 4 aromatic carbocycles. The van der Waals surface area contributed by atoms with Crippen molar-refractivity contribution >= 4 is 111 Å². The third kappa shape index (κ3) is 13.3. The average molecular weight is 1370 g/mol. The zero-order chi connectivity index (χ0) is 57.0. The molecule has 0 amide bonds. The van der Waals surface area contributed by atoms with Gasteiger partial charge >= 0.3 is 0 Å². The van der Waals surface area contributed by atoms with E-state index < -0.39 is 0 Å². The summed E-state index contributed by atoms with van der Waals surface area (Å²) in [6, 6.07) is 35.5. The van der Waals surface area contributed by atoms with Crippen LogP contribution < -0.4 is 37.9 Å². The van der Waals surface area contributed by atoms with Crippen molar-refractivity contribution < 1.29 is 57.1 Å². The van der Waals surface area contributed by atoms with Gasteiger partial charge in [0, 0.05) is 12.1 Å². The quantitative estimate of drug-likeness (QED) is 0.0736. The maximum absolute atomic E-state index is 11.4. The molecule has 8 aromatic rings. The molecule has 0 radical (unpaired) electrons. The summed E-state index contributed by atoms with van der Waals surface area (Å²) in [4.78, 5) is 62.8. The molecular formula is C64H62Br2N4O12S4. The summed E-state index contributed by atoms with van der Waals surface area (Å²) in [5.74, 6) is 2.60. The highest BCUT2D eigenvalue weighted by Crippen LogP contribution is 2.48. The fourth-order valence-corrected chi connectivity index (χ4v) is 12.5. The molecule has 4 heterocycles. The molecule has 0 unspecified atom stereocenters. The molecule has 448 valence electrons. The Balaban J connectivity index is 0.000000235. The van der Waals surface area contributed by atoms with Crippen LogP contribution in [0.1, 0.15) is 136 Å². The Kier molecular flexibility index (Phi) is 22.8. The van der Waals surface area contributed by atoms with E-state index in [0.29, 0.717) is 67.3 Å². The van der Waals surface area contributed by atoms with E-state index in [1.54, 1.807) is 36.4 Å². The number of fused-ring (bicyclic) bond motifs is 4. The minimum atomic E-state index is -0.184. The topological polar surface area (TPSA) is 194 Å². The number of aldehydes is 4. The van der Waals surface area contributed by atoms with Crippen molar-refractivity contribution in [3.8, 4) is 69.3 Å². The van der Waals surface area contributed by atoms with E-state index >= 15 is 0 Å². The molecule has 0 bridgehead atoms. The maximum Gasteiger partial charge on any atom is 0.231 e. The minimum absolute atomic E-state index is 0. The number of rotatable bonds is 18. The van der Waals surface area contributed by atoms with Crippen LogP contribution in [0, 0.1) is 0 Å². The van der Waals surface area contributed by atoms with Crippen LogP contribution in [0.4, 0.5) is 0 Å². The molecule has 0 fully saturated rings. The van der Waals surface area contributed by atoms with Crippen molar-refractivity contribution in [3.63, 3.8) is 0 Å². The summed E-state index contributed by atoms with van der Waals surface area (Å²) in [6.45, 7) is 0. The molecule has 12 rings (SSSR count). The molecule has 0 saturated carbocycles. The first-order valence-electron chi connectivity index (χ1n) is 26.6. The van der Waals surface area contributed by atoms with E-state index in [1.165, 1.54) is 72.9 Å². The van der Waals surface area contributed by atoms with Gasteiger partial charge < -0.3 is 37.9 Å². The first-order chi connectivity index (χ1) is 40.1. The van der Waals surface area contributed by atoms with E-state index in [-0.39, 0.29) is 102 Å². The van der Waals surface area contributed by atoms with E-state index in [9.17, 15) is 19.2 Å². The average Bonchev–Trinajstić information content (AvgIpc) is 1.73. The number of halogens is 2. The lowest BCUT2D eigenvalue weighted by Crippen LogP contribution is -2.07. The molecular weight excluding hydrogens is 1300 g/mol. The summed E-state index contributed by atoms with van der Waals surface area (Å²) in [6.07, 6.45) is 8.97. The van der Waals surface area contributed by atoms with Crippen LogP contribution in [0.2, 0.25) is 0 Å². The second-order valence-corrected chi connectivity index (χ2v) is 21.5. The number of carbonyl (C=O) groups is 4. The molecule has 0 spiro atoms. The molecule has 0 saturated heterocycles. The van der Waals surface area contributed by atoms with Crippen LogP contribution in [-0.4, -0.2) is 73.5 Å². The normalized spacial score (nSPS) is 16.2. The van der Waals surface area contributed by atoms with Crippen LogP contribution in [0.5, 0.6) is 47.0 Å². The van der Waals surface area contributed by atoms with Gasteiger partial charge in [-0.15, -0.1) is 0 Å². The highest BCUT2D eigenvalue weighted by molar-refractivity contribution is 9.11. The highest BCUT2D eigenvalue weighted by atomic mass is 79.9. The van der Waals surface area contributed by atoms with Gasteiger partial charge in [0.2, 0.25) is 47.0 Å². The summed E-state index contributed by atoms with van der Waals surface area (Å²) >= 11 is 6.98. The number of hydrogen-bond acceptors (Lipinski definition) is 16. The molecule has 4 aliphatic rings. The zero-order valence-corrected chi connectivity index (χ0v) is 54.3. The van der Waals surface area contributed by atoms with Crippen molar-refractivity contribution in [3.05, 3.63) is 185 Å². The summed E-state index contributed by atoms with van der Waals surface area (Å²) < 4.78 is 47.5. The van der Waals surface area contributed by atoms with Crippen LogP contribution in [0.3, 0.4) is 0 Å². The van der Waals surface area contributed by atoms with E-state index in [0.717, 1.165) is 86.2 Å². The summed E-state index contributed by atoms with van der Waals surface area (Å²) in [5.41, 5.74) is 15.9. The standard InChI is InChI=1S/C32H26Br2N2O6.C32H28N2O6.4H2S/c1-39-29-17(15-37)13-25(33)31(35-29)41-27-11-9-21-19(5-3-7-23(21)27)20-6-4-8-24-22(20)10-12-28(24)42-32-26(34)14-18(16-38)30(36-32)40-2;1-37-31-19(17-35)9-15-29(33-31)39-27-13-11-23-21(5-3-7-25(23)27)22-6-4-8-26-24(22)12-14-28(26)40-30-16-10-20(18-36)32(34-30)38-2;;;;/h3-8,13-16,27-28H,9-12H2,1-2H3;3-10,15-18,27-28H,11-14H2,1-2H3;4*1H2/t2*27-,28-;;;;/m00..../s1. The fraction of sp³-hybridized carbons (Fsp3) is 0.250. The monoisotopic (exact) mass is 1360 g/mol. The zero-order valence-electron chi connectivity index (χ0n) is 47.1. The van der Waals surface area contributed by atoms with Crippen molar-refractivity contribution in [1.29, 1.82) is 0 Å². The molecule has 22 heteroatoms. The molecule has 86 heavy (non-hydrogen) atoms. The Bertz CT molecular complexity index is 3580. The van der Waals surface area contributed by atoms with Gasteiger partial charge in [-0.05, 0) is 174 Å². The Morgan fingerprint density at radius 2 is 0.640 bits per heavy atom. The molecule has 0 aliphatic heterocycles. The number of nitrogens with zero attached hydrogens (tertiary/aromatic N) is 4. The number of carbonyl (C=O) groups excluding carboxylic acids is 4. The molecule has 4 aliphatic carbocycles. The Morgan fingerprint density at radius 3 is 0.919 bits per heavy atom. The van der Waals surface area contributed by atoms with Crippen molar-refractivity contribution in [2.75, 3.05) is 28.4 Å². The molecule has 16 nitrogen and oxygen atoms in total. The van der Waals surface area contributed by atoms with Crippen molar-refractivity contribution in [2.24, 2.45) is 0 Å². The molecule has 4 aromatic heterocycles. The Labute approximate surface area is 542 Å². The van der Waals surface area contributed by atoms with Crippen LogP contribution in [0.25, 0.3) is 22.3 Å². The SMILES string of the molecule is COc1nc(O[C@H]2CCc3c(-c4cccc5c4CC[C@@H]5Oc4ccc(C=O)c(OC)n4)cccc32)ccc1C=O.COc1nc(O[C@H]2CCc3c(-c4cccc5c4CC[C@@H]5Oc4nc(OC)c(C=O)cc4Br)cccc32)c(Br)cc1C=O.S.S.S.S. The van der Waals surface area contributed by atoms with Crippen molar-refractivity contribution in [2.45, 2.75) is 75.8 Å². The third-order valence-corrected chi connectivity index (χ3v) is 16.5. The number of hydrogen-bond donors (Lipinski definition) is 0. The molecule has 0 N–H and O–H groups in total. The number of methoxy groups -OCH3 is 4. The van der Waals surface area contributed by atoms with Gasteiger partial charge in [-0.2, -0.15) is 73.9 Å². The van der Waals surface area contributed by atoms with Crippen LogP contribution in [0.15, 0.2) is 118 Å². The minimum Gasteiger partial charge on any atom is -0.480 e. The summed E-state index contributed by atoms with van der Waals surface area (Å²) in [7, 11) is 5.93. The lowest BCUT2D eigenvalue weighted by atomic mass is 9.91. The van der Waals surface area contributed by atoms with Gasteiger partial charge in [0.05, 0.1) is 59.6 Å². The van der Waals surface area contributed by atoms with E-state index in [4.69, 9.17) is 37.9 Å². The maximum atomic E-state index is 11.4. The highest BCUT2D eigenvalue weighted by Gasteiger charge is 2.34. The predicted octanol–water partition coefficient (Wildman–Crippen LogP) is 13.8. The van der Waals surface area contributed by atoms with Gasteiger partial charge in [-0.25, -0.2) is 0 Å². The van der Waals surface area contributed by atoms with E-state index in [2.05, 4.69) is 125 Å². The largest absolute Gasteiger partial charge is 0.480 e. The molecule has 4 atom stereocenters. The van der Waals surface area contributed by atoms with E-state index in [1.807, 2.05) is 0 Å². The number of pyridine rings is 4. The fourth-order valence-electron chi connectivity index (χ4n) is 11.6. The van der Waals surface area contributed by atoms with Gasteiger partial charge in [0.25, 0.3) is 0 Å². The van der Waals surface area contributed by atoms with Crippen LogP contribution >= 0.6 is 85.8 Å². The second-order valence-electron chi connectivity index (χ2n) is 19.8. The number of benzene rings is 4. The van der Waals surface area contributed by atoms with Gasteiger partial charge in [-0.1, -0.05) is 72.8 Å². The van der Waals surface area contributed by atoms with Crippen molar-refractivity contribution in [1.82, 2.24) is 19.9 Å². The number of ether oxygens (including phenoxy) is 8. The first kappa shape index (κ1) is 66.4. The lowest BCUT2D eigenvalue weighted by Gasteiger charge is -2.18. The Hall–Kier alpha value is -7.08. The van der Waals surface area contributed by atoms with Gasteiger partial charge in [0.1, 0.15) is 24.4 Å².